The van der Waals surface area contributed by atoms with Gasteiger partial charge in [-0.2, -0.15) is 0 Å². The fourth-order valence-corrected chi connectivity index (χ4v) is 5.44. The number of hydrogen-bond donors (Lipinski definition) is 1. The fourth-order valence-electron chi connectivity index (χ4n) is 4.63. The summed E-state index contributed by atoms with van der Waals surface area (Å²) >= 11 is 1.40. The minimum Gasteiger partial charge on any atom is -0.376 e. The topological polar surface area (TPSA) is 93.1 Å². The lowest BCUT2D eigenvalue weighted by molar-refractivity contribution is 0.0951. The number of nitrogens with one attached hydrogen (secondary N) is 1. The summed E-state index contributed by atoms with van der Waals surface area (Å²) in [5.41, 5.74) is 2.59. The van der Waals surface area contributed by atoms with Crippen LogP contribution in [0.25, 0.3) is 0 Å². The Kier molecular flexibility index (Phi) is 6.81. The van der Waals surface area contributed by atoms with Crippen molar-refractivity contribution in [1.82, 2.24) is 19.7 Å². The molecule has 0 aromatic carbocycles. The zero-order chi connectivity index (χ0) is 22.0. The Morgan fingerprint density at radius 1 is 1.16 bits per heavy atom. The first-order valence-electron chi connectivity index (χ1n) is 11.1. The van der Waals surface area contributed by atoms with Crippen molar-refractivity contribution in [3.8, 4) is 0 Å². The third kappa shape index (κ3) is 4.72. The molecule has 0 radical (unpaired) electrons. The average Bonchev–Trinajstić information content (AvgIpc) is 3.47. The number of ketones is 2. The number of anilines is 1. The van der Waals surface area contributed by atoms with Gasteiger partial charge in [0.1, 0.15) is 0 Å². The third-order valence-electron chi connectivity index (χ3n) is 6.15. The number of aromatic amines is 1. The summed E-state index contributed by atoms with van der Waals surface area (Å²) in [6, 6.07) is 0. The lowest BCUT2D eigenvalue weighted by atomic mass is 10.1. The SMILES string of the molecule is CC(=O)c1c(C)[nH]c(C(=O)CSc2nnc(N3CCCCC3)n2CC2CCCO2)c1C. The molecule has 0 aliphatic carbocycles. The Morgan fingerprint density at radius 2 is 1.94 bits per heavy atom. The maximum absolute atomic E-state index is 12.9. The van der Waals surface area contributed by atoms with E-state index in [0.29, 0.717) is 17.8 Å². The number of aryl methyl sites for hydroxylation is 1. The molecule has 168 valence electrons. The van der Waals surface area contributed by atoms with E-state index in [1.807, 2.05) is 13.8 Å². The summed E-state index contributed by atoms with van der Waals surface area (Å²) in [4.78, 5) is 30.2. The largest absolute Gasteiger partial charge is 0.376 e. The van der Waals surface area contributed by atoms with Gasteiger partial charge >= 0.3 is 0 Å². The lowest BCUT2D eigenvalue weighted by Gasteiger charge is -2.28. The Balaban J connectivity index is 1.52. The van der Waals surface area contributed by atoms with Crippen LogP contribution in [0.15, 0.2) is 5.16 Å². The maximum atomic E-state index is 12.9. The number of rotatable bonds is 8. The van der Waals surface area contributed by atoms with Gasteiger partial charge in [-0.05, 0) is 58.4 Å². The number of ether oxygens (including phenoxy) is 1. The molecule has 2 aliphatic heterocycles. The van der Waals surface area contributed by atoms with Gasteiger partial charge in [0.05, 0.1) is 24.1 Å². The van der Waals surface area contributed by atoms with E-state index in [2.05, 4.69) is 24.6 Å². The zero-order valence-electron chi connectivity index (χ0n) is 18.6. The molecular weight excluding hydrogens is 414 g/mol. The molecule has 2 fully saturated rings. The molecule has 0 saturated carbocycles. The Morgan fingerprint density at radius 3 is 2.58 bits per heavy atom. The predicted molar refractivity (Wildman–Crippen MR) is 120 cm³/mol. The van der Waals surface area contributed by atoms with Crippen molar-refractivity contribution in [3.63, 3.8) is 0 Å². The second-order valence-electron chi connectivity index (χ2n) is 8.47. The van der Waals surface area contributed by atoms with Crippen LogP contribution in [0, 0.1) is 13.8 Å². The first-order valence-corrected chi connectivity index (χ1v) is 12.1. The molecule has 4 heterocycles. The monoisotopic (exact) mass is 445 g/mol. The van der Waals surface area contributed by atoms with Crippen molar-refractivity contribution in [2.24, 2.45) is 0 Å². The van der Waals surface area contributed by atoms with Crippen molar-refractivity contribution in [2.75, 3.05) is 30.3 Å². The molecule has 2 aromatic heterocycles. The first-order chi connectivity index (χ1) is 15.0. The van der Waals surface area contributed by atoms with Gasteiger partial charge in [0.15, 0.2) is 16.7 Å². The van der Waals surface area contributed by atoms with Gasteiger partial charge in [-0.15, -0.1) is 10.2 Å². The van der Waals surface area contributed by atoms with Crippen LogP contribution >= 0.6 is 11.8 Å². The van der Waals surface area contributed by atoms with Crippen molar-refractivity contribution in [3.05, 3.63) is 22.5 Å². The van der Waals surface area contributed by atoms with Gasteiger partial charge in [-0.1, -0.05) is 11.8 Å². The number of thioether (sulfide) groups is 1. The number of hydrogen-bond acceptors (Lipinski definition) is 7. The molecule has 8 nitrogen and oxygen atoms in total. The van der Waals surface area contributed by atoms with Crippen LogP contribution in [0.1, 0.15) is 71.1 Å². The highest BCUT2D eigenvalue weighted by Crippen LogP contribution is 2.28. The molecule has 0 bridgehead atoms. The molecule has 2 saturated heterocycles. The maximum Gasteiger partial charge on any atom is 0.228 e. The van der Waals surface area contributed by atoms with Crippen LogP contribution in [-0.2, 0) is 11.3 Å². The average molecular weight is 446 g/mol. The molecule has 4 rings (SSSR count). The molecule has 2 aromatic rings. The Labute approximate surface area is 187 Å². The van der Waals surface area contributed by atoms with Crippen LogP contribution in [0.2, 0.25) is 0 Å². The Hall–Kier alpha value is -2.13. The molecule has 1 atom stereocenters. The number of nitrogens with zero attached hydrogens (tertiary/aromatic N) is 4. The number of piperidine rings is 1. The molecule has 0 amide bonds. The summed E-state index contributed by atoms with van der Waals surface area (Å²) in [7, 11) is 0. The van der Waals surface area contributed by atoms with E-state index in [0.717, 1.165) is 67.7 Å². The van der Waals surface area contributed by atoms with Gasteiger partial charge < -0.3 is 14.6 Å². The predicted octanol–water partition coefficient (Wildman–Crippen LogP) is 3.57. The van der Waals surface area contributed by atoms with Gasteiger partial charge in [0.2, 0.25) is 5.95 Å². The minimum absolute atomic E-state index is 0.0274. The van der Waals surface area contributed by atoms with Gasteiger partial charge in [0.25, 0.3) is 0 Å². The van der Waals surface area contributed by atoms with Gasteiger partial charge in [0, 0.05) is 31.0 Å². The molecule has 1 N–H and O–H groups in total. The number of Topliss-reactive ketones (excluding diaryl/α,β-unsaturated/α-hetero) is 2. The van der Waals surface area contributed by atoms with Gasteiger partial charge in [-0.25, -0.2) is 0 Å². The van der Waals surface area contributed by atoms with E-state index in [1.54, 1.807) is 0 Å². The summed E-state index contributed by atoms with van der Waals surface area (Å²) in [6.07, 6.45) is 5.87. The minimum atomic E-state index is -0.0377. The number of carbonyl (C=O) groups excluding carboxylic acids is 2. The van der Waals surface area contributed by atoms with E-state index in [-0.39, 0.29) is 23.4 Å². The number of aromatic nitrogens is 4. The quantitative estimate of drug-likeness (QED) is 0.490. The highest BCUT2D eigenvalue weighted by atomic mass is 32.2. The van der Waals surface area contributed by atoms with Crippen LogP contribution < -0.4 is 4.90 Å². The zero-order valence-corrected chi connectivity index (χ0v) is 19.4. The standard InChI is InChI=1S/C22H31N5O3S/c1-14-19(16(3)28)15(2)23-20(14)18(29)13-31-22-25-24-21(26-9-5-4-6-10-26)27(22)12-17-8-7-11-30-17/h17,23H,4-13H2,1-3H3. The summed E-state index contributed by atoms with van der Waals surface area (Å²) < 4.78 is 8.00. The molecule has 2 aliphatic rings. The van der Waals surface area contributed by atoms with E-state index < -0.39 is 0 Å². The lowest BCUT2D eigenvalue weighted by Crippen LogP contribution is -2.33. The van der Waals surface area contributed by atoms with E-state index >= 15 is 0 Å². The Bertz CT molecular complexity index is 955. The van der Waals surface area contributed by atoms with Crippen molar-refractivity contribution in [2.45, 2.75) is 70.7 Å². The molecule has 9 heteroatoms. The third-order valence-corrected chi connectivity index (χ3v) is 7.11. The molecule has 1 unspecified atom stereocenters. The summed E-state index contributed by atoms with van der Waals surface area (Å²) in [6.45, 7) is 8.68. The van der Waals surface area contributed by atoms with Crippen molar-refractivity contribution >= 4 is 29.3 Å². The fraction of sp³-hybridized carbons (Fsp3) is 0.636. The second-order valence-corrected chi connectivity index (χ2v) is 9.41. The van der Waals surface area contributed by atoms with Crippen molar-refractivity contribution < 1.29 is 14.3 Å². The van der Waals surface area contributed by atoms with E-state index in [9.17, 15) is 9.59 Å². The van der Waals surface area contributed by atoms with Crippen LogP contribution in [0.3, 0.4) is 0 Å². The normalized spacial score (nSPS) is 19.2. The molecule has 31 heavy (non-hydrogen) atoms. The van der Waals surface area contributed by atoms with Crippen LogP contribution in [0.5, 0.6) is 0 Å². The molecule has 0 spiro atoms. The summed E-state index contributed by atoms with van der Waals surface area (Å²) in [5, 5.41) is 9.67. The van der Waals surface area contributed by atoms with Crippen LogP contribution in [-0.4, -0.2) is 62.9 Å². The van der Waals surface area contributed by atoms with Crippen LogP contribution in [0.4, 0.5) is 5.95 Å². The van der Waals surface area contributed by atoms with E-state index in [4.69, 9.17) is 4.74 Å². The molecular formula is C22H31N5O3S. The van der Waals surface area contributed by atoms with E-state index in [1.165, 1.54) is 25.1 Å². The first kappa shape index (κ1) is 22.1. The highest BCUT2D eigenvalue weighted by molar-refractivity contribution is 7.99. The number of carbonyl (C=O) groups is 2. The highest BCUT2D eigenvalue weighted by Gasteiger charge is 2.26. The second kappa shape index (κ2) is 9.56. The van der Waals surface area contributed by atoms with Crippen molar-refractivity contribution in [1.29, 1.82) is 0 Å². The summed E-state index contributed by atoms with van der Waals surface area (Å²) in [5.74, 6) is 1.06. The van der Waals surface area contributed by atoms with Gasteiger partial charge in [-0.3, -0.25) is 14.2 Å². The number of H-pyrrole nitrogens is 1. The smallest absolute Gasteiger partial charge is 0.228 e.